The van der Waals surface area contributed by atoms with Crippen LogP contribution in [-0.2, 0) is 16.1 Å². The van der Waals surface area contributed by atoms with Gasteiger partial charge in [-0.1, -0.05) is 48.6 Å². The Morgan fingerprint density at radius 2 is 1.56 bits per heavy atom. The highest BCUT2D eigenvalue weighted by Crippen LogP contribution is 2.40. The number of hydrogen-bond acceptors (Lipinski definition) is 5. The fourth-order valence-electron chi connectivity index (χ4n) is 4.50. The summed E-state index contributed by atoms with van der Waals surface area (Å²) in [6.45, 7) is 0.555. The van der Waals surface area contributed by atoms with Crippen molar-refractivity contribution in [2.24, 2.45) is 5.18 Å². The molecule has 2 heterocycles. The third kappa shape index (κ3) is 3.13. The van der Waals surface area contributed by atoms with Crippen LogP contribution in [0.2, 0.25) is 0 Å². The summed E-state index contributed by atoms with van der Waals surface area (Å²) in [5, 5.41) is 14.2. The Morgan fingerprint density at radius 3 is 2.22 bits per heavy atom. The van der Waals surface area contributed by atoms with Crippen molar-refractivity contribution in [3.63, 3.8) is 0 Å². The molecule has 1 N–H and O–H groups in total. The van der Waals surface area contributed by atoms with Crippen molar-refractivity contribution in [2.75, 3.05) is 6.54 Å². The quantitative estimate of drug-likeness (QED) is 0.451. The minimum atomic E-state index is -0.260. The van der Waals surface area contributed by atoms with Crippen molar-refractivity contribution in [3.05, 3.63) is 76.7 Å². The van der Waals surface area contributed by atoms with Crippen LogP contribution >= 0.6 is 0 Å². The predicted octanol–water partition coefficient (Wildman–Crippen LogP) is 4.82. The molecule has 7 heteroatoms. The molecule has 5 rings (SSSR count). The number of carbonyl (C=O) groups is 2. The number of likely N-dealkylation sites (tertiary alicyclic amines) is 1. The van der Waals surface area contributed by atoms with Gasteiger partial charge in [0.2, 0.25) is 5.88 Å². The first-order chi connectivity index (χ1) is 15.6. The monoisotopic (exact) mass is 427 g/mol. The second kappa shape index (κ2) is 7.92. The fourth-order valence-corrected chi connectivity index (χ4v) is 4.50. The van der Waals surface area contributed by atoms with Gasteiger partial charge >= 0.3 is 0 Å². The van der Waals surface area contributed by atoms with Crippen molar-refractivity contribution in [3.8, 4) is 17.0 Å². The van der Waals surface area contributed by atoms with Gasteiger partial charge in [-0.05, 0) is 47.7 Å². The summed E-state index contributed by atoms with van der Waals surface area (Å²) in [6, 6.07) is 15.4. The van der Waals surface area contributed by atoms with Gasteiger partial charge in [0.25, 0.3) is 11.8 Å². The highest BCUT2D eigenvalue weighted by atomic mass is 16.3. The summed E-state index contributed by atoms with van der Waals surface area (Å²) < 4.78 is 1.62. The molecule has 0 unspecified atom stereocenters. The van der Waals surface area contributed by atoms with Gasteiger partial charge in [0.05, 0.1) is 5.52 Å². The topological polar surface area (TPSA) is 92.0 Å². The van der Waals surface area contributed by atoms with Gasteiger partial charge in [0.15, 0.2) is 5.69 Å². The van der Waals surface area contributed by atoms with Crippen molar-refractivity contribution in [1.29, 1.82) is 0 Å². The molecule has 1 saturated heterocycles. The molecule has 1 aliphatic carbocycles. The number of rotatable bonds is 6. The number of nitrogens with zero attached hydrogens (tertiary/aromatic N) is 3. The zero-order valence-electron chi connectivity index (χ0n) is 17.3. The Balaban J connectivity index is 1.42. The van der Waals surface area contributed by atoms with Gasteiger partial charge in [-0.2, -0.15) is 0 Å². The normalized spacial score (nSPS) is 15.7. The lowest BCUT2D eigenvalue weighted by molar-refractivity contribution is -0.136. The van der Waals surface area contributed by atoms with Crippen molar-refractivity contribution >= 4 is 28.4 Å². The summed E-state index contributed by atoms with van der Waals surface area (Å²) >= 11 is 0. The highest BCUT2D eigenvalue weighted by molar-refractivity contribution is 6.24. The van der Waals surface area contributed by atoms with Crippen LogP contribution in [0, 0.1) is 4.91 Å². The Kier molecular flexibility index (Phi) is 4.93. The SMILES string of the molecule is O=Nc1c(O)n(CCCN2C(=O)C3=CCCC=C3C2=O)c2cc(-c3ccccc3)ccc12. The van der Waals surface area contributed by atoms with E-state index in [1.54, 1.807) is 10.6 Å². The molecule has 2 aromatic carbocycles. The van der Waals surface area contributed by atoms with Gasteiger partial charge in [-0.3, -0.25) is 14.5 Å². The van der Waals surface area contributed by atoms with Crippen LogP contribution in [0.5, 0.6) is 5.88 Å². The molecule has 3 aromatic rings. The maximum absolute atomic E-state index is 12.6. The molecular weight excluding hydrogens is 406 g/mol. The average Bonchev–Trinajstić information content (AvgIpc) is 3.24. The number of nitroso groups, excluding NO2 is 1. The van der Waals surface area contributed by atoms with E-state index in [9.17, 15) is 19.6 Å². The van der Waals surface area contributed by atoms with E-state index in [2.05, 4.69) is 5.18 Å². The summed E-state index contributed by atoms with van der Waals surface area (Å²) in [4.78, 5) is 37.9. The smallest absolute Gasteiger partial charge is 0.261 e. The number of aryl methyl sites for hydroxylation is 1. The zero-order valence-corrected chi connectivity index (χ0v) is 17.3. The molecule has 32 heavy (non-hydrogen) atoms. The van der Waals surface area contributed by atoms with Crippen LogP contribution in [0.25, 0.3) is 22.0 Å². The summed E-state index contributed by atoms with van der Waals surface area (Å²) in [7, 11) is 0. The molecule has 2 aliphatic rings. The Labute approximate surface area is 184 Å². The number of imide groups is 1. The number of aromatic nitrogens is 1. The van der Waals surface area contributed by atoms with Gasteiger partial charge in [-0.15, -0.1) is 4.91 Å². The second-order valence-corrected chi connectivity index (χ2v) is 7.94. The van der Waals surface area contributed by atoms with Gasteiger partial charge in [0, 0.05) is 29.6 Å². The minimum Gasteiger partial charge on any atom is -0.493 e. The van der Waals surface area contributed by atoms with Crippen LogP contribution in [0.15, 0.2) is 77.0 Å². The van der Waals surface area contributed by atoms with Crippen molar-refractivity contribution < 1.29 is 14.7 Å². The van der Waals surface area contributed by atoms with E-state index in [0.29, 0.717) is 35.0 Å². The minimum absolute atomic E-state index is 0.00531. The largest absolute Gasteiger partial charge is 0.493 e. The lowest BCUT2D eigenvalue weighted by Crippen LogP contribution is -2.31. The van der Waals surface area contributed by atoms with Crippen LogP contribution in [0.4, 0.5) is 5.69 Å². The lowest BCUT2D eigenvalue weighted by Gasteiger charge is -2.14. The van der Waals surface area contributed by atoms with E-state index in [0.717, 1.165) is 24.0 Å². The molecule has 0 spiro atoms. The van der Waals surface area contributed by atoms with E-state index in [4.69, 9.17) is 0 Å². The molecule has 1 aliphatic heterocycles. The fraction of sp³-hybridized carbons (Fsp3) is 0.200. The Bertz CT molecular complexity index is 1290. The molecule has 0 radical (unpaired) electrons. The van der Waals surface area contributed by atoms with E-state index in [1.807, 2.05) is 54.6 Å². The number of benzene rings is 2. The standard InChI is InChI=1S/C25H21N3O4/c29-23-18-9-4-5-10-19(18)24(30)28(23)14-6-13-27-21-15-17(16-7-2-1-3-8-16)11-12-20(21)22(26-32)25(27)31/h1-3,7-12,15,31H,4-6,13-14H2. The molecule has 1 fully saturated rings. The third-order valence-corrected chi connectivity index (χ3v) is 6.08. The predicted molar refractivity (Wildman–Crippen MR) is 121 cm³/mol. The van der Waals surface area contributed by atoms with Crippen LogP contribution in [0.3, 0.4) is 0 Å². The number of allylic oxidation sites excluding steroid dienone is 2. The van der Waals surface area contributed by atoms with E-state index >= 15 is 0 Å². The van der Waals surface area contributed by atoms with Gasteiger partial charge in [0.1, 0.15) is 0 Å². The number of carbonyl (C=O) groups excluding carboxylic acids is 2. The summed E-state index contributed by atoms with van der Waals surface area (Å²) in [6.07, 6.45) is 5.62. The molecule has 7 nitrogen and oxygen atoms in total. The first-order valence-corrected chi connectivity index (χ1v) is 10.6. The molecule has 0 atom stereocenters. The lowest BCUT2D eigenvalue weighted by atomic mass is 10.0. The van der Waals surface area contributed by atoms with Gasteiger partial charge < -0.3 is 9.67 Å². The summed E-state index contributed by atoms with van der Waals surface area (Å²) in [5.41, 5.74) is 3.62. The van der Waals surface area contributed by atoms with Crippen LogP contribution < -0.4 is 0 Å². The van der Waals surface area contributed by atoms with E-state index in [-0.39, 0.29) is 29.9 Å². The third-order valence-electron chi connectivity index (χ3n) is 6.08. The number of fused-ring (bicyclic) bond motifs is 2. The zero-order chi connectivity index (χ0) is 22.2. The first-order valence-electron chi connectivity index (χ1n) is 10.6. The Morgan fingerprint density at radius 1 is 0.875 bits per heavy atom. The number of hydrogen-bond donors (Lipinski definition) is 1. The van der Waals surface area contributed by atoms with E-state index in [1.165, 1.54) is 4.90 Å². The number of aromatic hydroxyl groups is 1. The first kappa shape index (κ1) is 19.9. The molecule has 160 valence electrons. The molecule has 2 amide bonds. The van der Waals surface area contributed by atoms with Gasteiger partial charge in [-0.25, -0.2) is 0 Å². The molecule has 1 aromatic heterocycles. The Hall–Kier alpha value is -4.00. The molecular formula is C25H21N3O4. The number of amides is 2. The molecule has 0 bridgehead atoms. The maximum Gasteiger partial charge on any atom is 0.261 e. The molecule has 0 saturated carbocycles. The second-order valence-electron chi connectivity index (χ2n) is 7.94. The average molecular weight is 427 g/mol. The van der Waals surface area contributed by atoms with Crippen molar-refractivity contribution in [2.45, 2.75) is 25.8 Å². The van der Waals surface area contributed by atoms with E-state index < -0.39 is 0 Å². The summed E-state index contributed by atoms with van der Waals surface area (Å²) in [5.74, 6) is -0.730. The van der Waals surface area contributed by atoms with Crippen LogP contribution in [0.1, 0.15) is 19.3 Å². The maximum atomic E-state index is 12.6. The van der Waals surface area contributed by atoms with Crippen LogP contribution in [-0.4, -0.2) is 32.9 Å². The van der Waals surface area contributed by atoms with Crippen molar-refractivity contribution in [1.82, 2.24) is 9.47 Å². The highest BCUT2D eigenvalue weighted by Gasteiger charge is 2.38.